The molecule has 0 heterocycles. The van der Waals surface area contributed by atoms with Crippen LogP contribution >= 0.6 is 11.8 Å². The van der Waals surface area contributed by atoms with E-state index in [1.807, 2.05) is 0 Å². The lowest BCUT2D eigenvalue weighted by molar-refractivity contribution is -0.137. The Morgan fingerprint density at radius 2 is 0.667 bits per heavy atom. The highest BCUT2D eigenvalue weighted by Crippen LogP contribution is 2.31. The first kappa shape index (κ1) is 38.3. The van der Waals surface area contributed by atoms with E-state index >= 15 is 0 Å². The molecular weight excluding hydrogens is 504 g/mol. The fraction of sp³-hybridized carbons (Fsp3) is 0.941. The van der Waals surface area contributed by atoms with Gasteiger partial charge in [0, 0.05) is 10.5 Å². The smallest absolute Gasteiger partial charge is 0.304 e. The number of rotatable bonds is 32. The van der Waals surface area contributed by atoms with Gasteiger partial charge in [-0.1, -0.05) is 168 Å². The summed E-state index contributed by atoms with van der Waals surface area (Å²) in [5.74, 6) is -1.52. The molecule has 39 heavy (non-hydrogen) atoms. The van der Waals surface area contributed by atoms with E-state index < -0.39 is 11.9 Å². The van der Waals surface area contributed by atoms with Gasteiger partial charge in [-0.3, -0.25) is 9.59 Å². The SMILES string of the molecule is CCCCCCCCCCCCCCC(CC(=O)O)SC(CCCCCCCCCCCCCC)CC(=O)O. The second-order valence-electron chi connectivity index (χ2n) is 11.9. The van der Waals surface area contributed by atoms with Gasteiger partial charge in [0.2, 0.25) is 0 Å². The highest BCUT2D eigenvalue weighted by atomic mass is 32.2. The minimum absolute atomic E-state index is 0.0345. The van der Waals surface area contributed by atoms with Crippen LogP contribution in [0.1, 0.15) is 194 Å². The van der Waals surface area contributed by atoms with Crippen LogP contribution in [0.5, 0.6) is 0 Å². The Morgan fingerprint density at radius 1 is 0.436 bits per heavy atom. The minimum atomic E-state index is -0.758. The van der Waals surface area contributed by atoms with E-state index in [4.69, 9.17) is 0 Å². The fourth-order valence-electron chi connectivity index (χ4n) is 5.52. The van der Waals surface area contributed by atoms with Crippen LogP contribution in [0.15, 0.2) is 0 Å². The van der Waals surface area contributed by atoms with E-state index in [-0.39, 0.29) is 23.3 Å². The predicted molar refractivity (Wildman–Crippen MR) is 171 cm³/mol. The molecule has 5 heteroatoms. The van der Waals surface area contributed by atoms with Crippen molar-refractivity contribution in [2.24, 2.45) is 0 Å². The van der Waals surface area contributed by atoms with Crippen LogP contribution in [0.4, 0.5) is 0 Å². The standard InChI is InChI=1S/C34H66O4S/c1-3-5-7-9-11-13-15-17-19-21-23-25-27-31(29-33(35)36)39-32(30-34(37)38)28-26-24-22-20-18-16-14-12-10-8-6-4-2/h31-32H,3-30H2,1-2H3,(H,35,36)(H,37,38). The molecule has 232 valence electrons. The first-order chi connectivity index (χ1) is 19.0. The average Bonchev–Trinajstić information content (AvgIpc) is 2.89. The lowest BCUT2D eigenvalue weighted by Crippen LogP contribution is -2.18. The van der Waals surface area contributed by atoms with Gasteiger partial charge in [0.05, 0.1) is 12.8 Å². The molecule has 2 unspecified atom stereocenters. The Kier molecular flexibility index (Phi) is 29.7. The van der Waals surface area contributed by atoms with Gasteiger partial charge >= 0.3 is 11.9 Å². The molecule has 0 amide bonds. The minimum Gasteiger partial charge on any atom is -0.481 e. The van der Waals surface area contributed by atoms with Gasteiger partial charge in [-0.25, -0.2) is 0 Å². The number of hydrogen-bond donors (Lipinski definition) is 2. The predicted octanol–water partition coefficient (Wildman–Crippen LogP) is 11.6. The summed E-state index contributed by atoms with van der Waals surface area (Å²) in [6.07, 6.45) is 33.3. The third kappa shape index (κ3) is 30.1. The molecule has 0 saturated heterocycles. The highest BCUT2D eigenvalue weighted by molar-refractivity contribution is 8.00. The van der Waals surface area contributed by atoms with E-state index in [9.17, 15) is 19.8 Å². The number of carbonyl (C=O) groups is 2. The monoisotopic (exact) mass is 570 g/mol. The normalized spacial score (nSPS) is 13.0. The van der Waals surface area contributed by atoms with Crippen LogP contribution in [0.2, 0.25) is 0 Å². The Balaban J connectivity index is 4.05. The van der Waals surface area contributed by atoms with E-state index in [2.05, 4.69) is 13.8 Å². The van der Waals surface area contributed by atoms with Crippen molar-refractivity contribution in [2.75, 3.05) is 0 Å². The Hall–Kier alpha value is -0.710. The lowest BCUT2D eigenvalue weighted by atomic mass is 10.0. The van der Waals surface area contributed by atoms with Crippen LogP contribution < -0.4 is 0 Å². The summed E-state index contributed by atoms with van der Waals surface area (Å²) >= 11 is 1.65. The van der Waals surface area contributed by atoms with Crippen LogP contribution in [0.25, 0.3) is 0 Å². The zero-order valence-corrected chi connectivity index (χ0v) is 26.9. The number of carboxylic acid groups (broad SMARTS) is 2. The molecule has 0 aromatic rings. The van der Waals surface area contributed by atoms with Crippen molar-refractivity contribution >= 4 is 23.7 Å². The molecule has 0 radical (unpaired) electrons. The Morgan fingerprint density at radius 3 is 0.897 bits per heavy atom. The summed E-state index contributed by atoms with van der Waals surface area (Å²) < 4.78 is 0. The molecule has 0 aliphatic heterocycles. The van der Waals surface area contributed by atoms with E-state index in [0.29, 0.717) is 0 Å². The largest absolute Gasteiger partial charge is 0.481 e. The number of aliphatic carboxylic acids is 2. The van der Waals surface area contributed by atoms with Gasteiger partial charge in [0.25, 0.3) is 0 Å². The molecule has 0 aromatic carbocycles. The molecule has 2 N–H and O–H groups in total. The molecule has 4 nitrogen and oxygen atoms in total. The molecule has 0 aliphatic rings. The van der Waals surface area contributed by atoms with Crippen molar-refractivity contribution < 1.29 is 19.8 Å². The average molecular weight is 571 g/mol. The van der Waals surface area contributed by atoms with Gasteiger partial charge in [-0.05, 0) is 12.8 Å². The van der Waals surface area contributed by atoms with E-state index in [0.717, 1.165) is 38.5 Å². The summed E-state index contributed by atoms with van der Waals surface area (Å²) in [4.78, 5) is 23.0. The zero-order valence-electron chi connectivity index (χ0n) is 26.1. The molecule has 0 fully saturated rings. The van der Waals surface area contributed by atoms with Crippen LogP contribution in [0.3, 0.4) is 0 Å². The third-order valence-corrected chi connectivity index (χ3v) is 9.52. The fourth-order valence-corrected chi connectivity index (χ4v) is 7.15. The quantitative estimate of drug-likeness (QED) is 0.0787. The number of hydrogen-bond acceptors (Lipinski definition) is 3. The van der Waals surface area contributed by atoms with Gasteiger partial charge in [0.15, 0.2) is 0 Å². The van der Waals surface area contributed by atoms with Crippen molar-refractivity contribution in [2.45, 2.75) is 204 Å². The molecular formula is C34H66O4S. The summed E-state index contributed by atoms with van der Waals surface area (Å²) in [6.45, 7) is 4.52. The number of thioether (sulfide) groups is 1. The second kappa shape index (κ2) is 30.3. The Bertz CT molecular complexity index is 493. The molecule has 2 atom stereocenters. The third-order valence-electron chi connectivity index (χ3n) is 7.95. The molecule has 0 aromatic heterocycles. The van der Waals surface area contributed by atoms with Gasteiger partial charge in [-0.15, -0.1) is 0 Å². The number of carboxylic acids is 2. The van der Waals surface area contributed by atoms with Crippen LogP contribution in [-0.4, -0.2) is 32.7 Å². The van der Waals surface area contributed by atoms with Crippen molar-refractivity contribution in [1.29, 1.82) is 0 Å². The van der Waals surface area contributed by atoms with Crippen molar-refractivity contribution in [3.8, 4) is 0 Å². The van der Waals surface area contributed by atoms with Crippen molar-refractivity contribution in [1.82, 2.24) is 0 Å². The first-order valence-corrected chi connectivity index (χ1v) is 18.0. The maximum atomic E-state index is 11.5. The summed E-state index contributed by atoms with van der Waals surface area (Å²) in [7, 11) is 0. The van der Waals surface area contributed by atoms with Gasteiger partial charge in [0.1, 0.15) is 0 Å². The summed E-state index contributed by atoms with van der Waals surface area (Å²) in [6, 6.07) is 0. The topological polar surface area (TPSA) is 74.6 Å². The first-order valence-electron chi connectivity index (χ1n) is 17.1. The van der Waals surface area contributed by atoms with E-state index in [1.165, 1.54) is 128 Å². The molecule has 0 rings (SSSR count). The van der Waals surface area contributed by atoms with Crippen LogP contribution in [0, 0.1) is 0 Å². The second-order valence-corrected chi connectivity index (χ2v) is 13.5. The highest BCUT2D eigenvalue weighted by Gasteiger charge is 2.21. The molecule has 0 saturated carbocycles. The zero-order chi connectivity index (χ0) is 28.8. The van der Waals surface area contributed by atoms with Gasteiger partial charge in [-0.2, -0.15) is 11.8 Å². The number of unbranched alkanes of at least 4 members (excludes halogenated alkanes) is 22. The molecule has 0 bridgehead atoms. The van der Waals surface area contributed by atoms with Crippen LogP contribution in [-0.2, 0) is 9.59 Å². The summed E-state index contributed by atoms with van der Waals surface area (Å²) in [5, 5.41) is 18.9. The Labute approximate surface area is 247 Å². The molecule has 0 aliphatic carbocycles. The lowest BCUT2D eigenvalue weighted by Gasteiger charge is -2.21. The van der Waals surface area contributed by atoms with Gasteiger partial charge < -0.3 is 10.2 Å². The maximum Gasteiger partial charge on any atom is 0.304 e. The van der Waals surface area contributed by atoms with Crippen molar-refractivity contribution in [3.05, 3.63) is 0 Å². The van der Waals surface area contributed by atoms with Crippen molar-refractivity contribution in [3.63, 3.8) is 0 Å². The summed E-state index contributed by atoms with van der Waals surface area (Å²) in [5.41, 5.74) is 0. The van der Waals surface area contributed by atoms with E-state index in [1.54, 1.807) is 11.8 Å². The maximum absolute atomic E-state index is 11.5. The molecule has 0 spiro atoms.